The first-order chi connectivity index (χ1) is 15.6. The largest absolute Gasteiger partial charge is 0.480 e. The van der Waals surface area contributed by atoms with E-state index in [1.165, 1.54) is 11.0 Å². The van der Waals surface area contributed by atoms with Crippen molar-refractivity contribution in [3.63, 3.8) is 0 Å². The number of piperidine rings is 1. The third-order valence-electron chi connectivity index (χ3n) is 5.61. The summed E-state index contributed by atoms with van der Waals surface area (Å²) < 4.78 is 39.1. The molecule has 2 heterocycles. The van der Waals surface area contributed by atoms with Gasteiger partial charge in [-0.25, -0.2) is 14.8 Å². The van der Waals surface area contributed by atoms with E-state index in [0.29, 0.717) is 41.2 Å². The first kappa shape index (κ1) is 22.5. The molecule has 10 heteroatoms. The molecule has 3 aromatic rings. The van der Waals surface area contributed by atoms with Gasteiger partial charge in [0.1, 0.15) is 6.04 Å². The van der Waals surface area contributed by atoms with Gasteiger partial charge >= 0.3 is 12.1 Å². The molecular formula is C23H21F3N4O3. The molecule has 33 heavy (non-hydrogen) atoms. The zero-order valence-electron chi connectivity index (χ0n) is 17.7. The number of aliphatic carboxylic acids is 1. The van der Waals surface area contributed by atoms with Crippen LogP contribution in [0.3, 0.4) is 0 Å². The van der Waals surface area contributed by atoms with Crippen LogP contribution in [-0.4, -0.2) is 44.4 Å². The predicted molar refractivity (Wildman–Crippen MR) is 115 cm³/mol. The number of carbonyl (C=O) groups excluding carboxylic acids is 1. The van der Waals surface area contributed by atoms with E-state index in [1.54, 1.807) is 31.2 Å². The lowest BCUT2D eigenvalue weighted by Crippen LogP contribution is -2.47. The third kappa shape index (κ3) is 4.74. The number of aryl methyl sites for hydroxylation is 1. The van der Waals surface area contributed by atoms with Gasteiger partial charge in [-0.05, 0) is 68.7 Å². The number of nitrogens with one attached hydrogen (secondary N) is 1. The second-order valence-electron chi connectivity index (χ2n) is 7.91. The van der Waals surface area contributed by atoms with Gasteiger partial charge in [-0.2, -0.15) is 13.2 Å². The standard InChI is InChI=1S/C23H21F3N4O3/c1-13-20(29-18-12-15(23(24,25)26)7-10-17(18)27-13)28-16-8-5-14(6-9-16)21(31)30-11-3-2-4-19(30)22(32)33/h5-10,12,19H,2-4,11H2,1H3,(H,28,29)(H,32,33). The number of carboxylic acid groups (broad SMARTS) is 1. The number of alkyl halides is 3. The number of hydrogen-bond acceptors (Lipinski definition) is 5. The fourth-order valence-electron chi connectivity index (χ4n) is 3.87. The van der Waals surface area contributed by atoms with Crippen LogP contribution < -0.4 is 5.32 Å². The van der Waals surface area contributed by atoms with E-state index in [0.717, 1.165) is 25.0 Å². The monoisotopic (exact) mass is 458 g/mol. The summed E-state index contributed by atoms with van der Waals surface area (Å²) in [5.74, 6) is -1.07. The molecule has 0 radical (unpaired) electrons. The van der Waals surface area contributed by atoms with Crippen LogP contribution in [0.15, 0.2) is 42.5 Å². The Kier molecular flexibility index (Phi) is 5.92. The van der Waals surface area contributed by atoms with Crippen LogP contribution in [0, 0.1) is 6.92 Å². The van der Waals surface area contributed by atoms with Crippen LogP contribution >= 0.6 is 0 Å². The smallest absolute Gasteiger partial charge is 0.416 e. The fraction of sp³-hybridized carbons (Fsp3) is 0.304. The number of hydrogen-bond donors (Lipinski definition) is 2. The Labute approximate surface area is 187 Å². The van der Waals surface area contributed by atoms with Crippen molar-refractivity contribution in [3.8, 4) is 0 Å². The molecule has 1 unspecified atom stereocenters. The number of fused-ring (bicyclic) bond motifs is 1. The fourth-order valence-corrected chi connectivity index (χ4v) is 3.87. The molecule has 1 aromatic heterocycles. The van der Waals surface area contributed by atoms with Crippen molar-refractivity contribution in [1.82, 2.24) is 14.9 Å². The number of carbonyl (C=O) groups is 2. The number of amides is 1. The Hall–Kier alpha value is -3.69. The molecule has 0 spiro atoms. The summed E-state index contributed by atoms with van der Waals surface area (Å²) in [7, 11) is 0. The number of anilines is 2. The van der Waals surface area contributed by atoms with Crippen molar-refractivity contribution in [3.05, 3.63) is 59.3 Å². The Morgan fingerprint density at radius 2 is 1.79 bits per heavy atom. The molecule has 1 atom stereocenters. The second-order valence-corrected chi connectivity index (χ2v) is 7.91. The lowest BCUT2D eigenvalue weighted by molar-refractivity contribution is -0.143. The Morgan fingerprint density at radius 3 is 2.45 bits per heavy atom. The van der Waals surface area contributed by atoms with Gasteiger partial charge in [0.05, 0.1) is 22.3 Å². The predicted octanol–water partition coefficient (Wildman–Crippen LogP) is 4.78. The highest BCUT2D eigenvalue weighted by atomic mass is 19.4. The number of nitrogens with zero attached hydrogens (tertiary/aromatic N) is 3. The molecular weight excluding hydrogens is 437 g/mol. The molecule has 2 aromatic carbocycles. The van der Waals surface area contributed by atoms with Crippen molar-refractivity contribution in [2.24, 2.45) is 0 Å². The van der Waals surface area contributed by atoms with Crippen molar-refractivity contribution in [2.75, 3.05) is 11.9 Å². The van der Waals surface area contributed by atoms with E-state index in [9.17, 15) is 27.9 Å². The molecule has 1 aliphatic rings. The van der Waals surface area contributed by atoms with Gasteiger partial charge < -0.3 is 15.3 Å². The van der Waals surface area contributed by atoms with E-state index in [4.69, 9.17) is 0 Å². The molecule has 1 saturated heterocycles. The Balaban J connectivity index is 1.55. The molecule has 1 fully saturated rings. The van der Waals surface area contributed by atoms with Crippen LogP contribution in [0.4, 0.5) is 24.7 Å². The zero-order valence-corrected chi connectivity index (χ0v) is 17.7. The summed E-state index contributed by atoms with van der Waals surface area (Å²) in [6.45, 7) is 2.08. The first-order valence-corrected chi connectivity index (χ1v) is 10.4. The molecule has 4 rings (SSSR count). The topological polar surface area (TPSA) is 95.4 Å². The van der Waals surface area contributed by atoms with E-state index < -0.39 is 23.8 Å². The van der Waals surface area contributed by atoms with E-state index in [1.807, 2.05) is 0 Å². The van der Waals surface area contributed by atoms with E-state index >= 15 is 0 Å². The first-order valence-electron chi connectivity index (χ1n) is 10.4. The molecule has 1 aliphatic heterocycles. The van der Waals surface area contributed by atoms with Crippen LogP contribution in [0.1, 0.15) is 40.9 Å². The minimum atomic E-state index is -4.48. The van der Waals surface area contributed by atoms with Crippen LogP contribution in [0.25, 0.3) is 11.0 Å². The number of halogens is 3. The third-order valence-corrected chi connectivity index (χ3v) is 5.61. The molecule has 1 amide bonds. The lowest BCUT2D eigenvalue weighted by atomic mass is 10.0. The Bertz CT molecular complexity index is 1210. The summed E-state index contributed by atoms with van der Waals surface area (Å²) in [5, 5.41) is 12.4. The number of rotatable bonds is 4. The number of carboxylic acids is 1. The highest BCUT2D eigenvalue weighted by Gasteiger charge is 2.32. The van der Waals surface area contributed by atoms with Crippen molar-refractivity contribution >= 4 is 34.4 Å². The van der Waals surface area contributed by atoms with Gasteiger partial charge in [-0.3, -0.25) is 4.79 Å². The highest BCUT2D eigenvalue weighted by molar-refractivity contribution is 5.97. The minimum Gasteiger partial charge on any atom is -0.480 e. The maximum Gasteiger partial charge on any atom is 0.416 e. The average molecular weight is 458 g/mol. The average Bonchev–Trinajstić information content (AvgIpc) is 2.78. The van der Waals surface area contributed by atoms with E-state index in [2.05, 4.69) is 15.3 Å². The molecule has 7 nitrogen and oxygen atoms in total. The van der Waals surface area contributed by atoms with Gasteiger partial charge in [0.15, 0.2) is 5.82 Å². The van der Waals surface area contributed by atoms with Crippen LogP contribution in [0.5, 0.6) is 0 Å². The molecule has 0 saturated carbocycles. The number of benzene rings is 2. The zero-order chi connectivity index (χ0) is 23.8. The molecule has 172 valence electrons. The van der Waals surface area contributed by atoms with Gasteiger partial charge in [0.25, 0.3) is 5.91 Å². The summed E-state index contributed by atoms with van der Waals surface area (Å²) in [6, 6.07) is 8.78. The lowest BCUT2D eigenvalue weighted by Gasteiger charge is -2.33. The van der Waals surface area contributed by atoms with Gasteiger partial charge in [0, 0.05) is 17.8 Å². The number of likely N-dealkylation sites (tertiary alicyclic amines) is 1. The van der Waals surface area contributed by atoms with Gasteiger partial charge in [0.2, 0.25) is 0 Å². The van der Waals surface area contributed by atoms with Gasteiger partial charge in [-0.1, -0.05) is 0 Å². The highest BCUT2D eigenvalue weighted by Crippen LogP contribution is 2.31. The summed E-state index contributed by atoms with van der Waals surface area (Å²) in [4.78, 5) is 34.3. The SMILES string of the molecule is Cc1nc2ccc(C(F)(F)F)cc2nc1Nc1ccc(C(=O)N2CCCCC2C(=O)O)cc1. The maximum absolute atomic E-state index is 13.0. The summed E-state index contributed by atoms with van der Waals surface area (Å²) >= 11 is 0. The van der Waals surface area contributed by atoms with Crippen LogP contribution in [0.2, 0.25) is 0 Å². The number of aromatic nitrogens is 2. The molecule has 0 aliphatic carbocycles. The van der Waals surface area contributed by atoms with Crippen molar-refractivity contribution < 1.29 is 27.9 Å². The second kappa shape index (κ2) is 8.68. The quantitative estimate of drug-likeness (QED) is 0.584. The molecule has 0 bridgehead atoms. The minimum absolute atomic E-state index is 0.106. The van der Waals surface area contributed by atoms with Crippen molar-refractivity contribution in [1.29, 1.82) is 0 Å². The van der Waals surface area contributed by atoms with E-state index in [-0.39, 0.29) is 11.4 Å². The molecule has 2 N–H and O–H groups in total. The summed E-state index contributed by atoms with van der Waals surface area (Å²) in [5.41, 5.74) is 1.06. The van der Waals surface area contributed by atoms with Gasteiger partial charge in [-0.15, -0.1) is 0 Å². The van der Waals surface area contributed by atoms with Crippen LogP contribution in [-0.2, 0) is 11.0 Å². The summed E-state index contributed by atoms with van der Waals surface area (Å²) in [6.07, 6.45) is -2.53. The maximum atomic E-state index is 13.0. The normalized spacial score (nSPS) is 16.6. The Morgan fingerprint density at radius 1 is 1.06 bits per heavy atom. The van der Waals surface area contributed by atoms with Crippen molar-refractivity contribution in [2.45, 2.75) is 38.4 Å².